The predicted octanol–water partition coefficient (Wildman–Crippen LogP) is 6.36. The number of carbonyl (C=O) groups excluding carboxylic acids is 1. The number of nitrogens with zero attached hydrogens (tertiary/aromatic N) is 1. The van der Waals surface area contributed by atoms with Crippen molar-refractivity contribution in [2.75, 3.05) is 18.4 Å². The van der Waals surface area contributed by atoms with Crippen LogP contribution in [0.3, 0.4) is 0 Å². The lowest BCUT2D eigenvalue weighted by atomic mass is 10.1. The third-order valence-electron chi connectivity index (χ3n) is 6.12. The second-order valence-corrected chi connectivity index (χ2v) is 11.1. The molecule has 1 fully saturated rings. The number of fused-ring (bicyclic) bond motifs is 2. The number of amides is 1. The molecule has 2 heterocycles. The molecule has 1 N–H and O–H groups in total. The van der Waals surface area contributed by atoms with Crippen molar-refractivity contribution in [2.45, 2.75) is 37.5 Å². The number of anilines is 1. The SMILES string of the molecule is Cc1ccc2c(c1)NC(=O)c1cc(S(=O)(=O)N3CCCCCC3)c(Oc3ccc(Cl)cc3)cc1O2. The molecule has 0 bridgehead atoms. The fourth-order valence-electron chi connectivity index (χ4n) is 4.27. The average molecular weight is 513 g/mol. The molecule has 35 heavy (non-hydrogen) atoms. The molecule has 0 saturated carbocycles. The predicted molar refractivity (Wildman–Crippen MR) is 134 cm³/mol. The second-order valence-electron chi connectivity index (χ2n) is 8.73. The second kappa shape index (κ2) is 9.53. The third-order valence-corrected chi connectivity index (χ3v) is 8.29. The van der Waals surface area contributed by atoms with Crippen molar-refractivity contribution in [3.63, 3.8) is 0 Å². The van der Waals surface area contributed by atoms with Gasteiger partial charge < -0.3 is 14.8 Å². The highest BCUT2D eigenvalue weighted by Crippen LogP contribution is 2.42. The summed E-state index contributed by atoms with van der Waals surface area (Å²) in [6.07, 6.45) is 3.54. The van der Waals surface area contributed by atoms with Gasteiger partial charge in [-0.2, -0.15) is 4.31 Å². The number of carbonyl (C=O) groups is 1. The summed E-state index contributed by atoms with van der Waals surface area (Å²) in [5.74, 6) is 0.719. The Morgan fingerprint density at radius 3 is 2.37 bits per heavy atom. The Morgan fingerprint density at radius 1 is 0.943 bits per heavy atom. The Morgan fingerprint density at radius 2 is 1.66 bits per heavy atom. The summed E-state index contributed by atoms with van der Waals surface area (Å²) in [6.45, 7) is 2.76. The fourth-order valence-corrected chi connectivity index (χ4v) is 6.04. The topological polar surface area (TPSA) is 84.9 Å². The maximum Gasteiger partial charge on any atom is 0.259 e. The highest BCUT2D eigenvalue weighted by molar-refractivity contribution is 7.89. The first-order valence-corrected chi connectivity index (χ1v) is 13.3. The van der Waals surface area contributed by atoms with Crippen molar-refractivity contribution >= 4 is 33.2 Å². The standard InChI is InChI=1S/C26H25ClN2O5S/c1-17-6-11-22-21(14-17)28-26(30)20-15-25(35(31,32)29-12-4-2-3-5-13-29)24(16-23(20)34-22)33-19-9-7-18(27)8-10-19/h6-11,14-16H,2-5,12-13H2,1H3,(H,28,30). The highest BCUT2D eigenvalue weighted by atomic mass is 35.5. The lowest BCUT2D eigenvalue weighted by Gasteiger charge is -2.22. The van der Waals surface area contributed by atoms with Crippen molar-refractivity contribution in [2.24, 2.45) is 0 Å². The molecular weight excluding hydrogens is 488 g/mol. The van der Waals surface area contributed by atoms with Crippen LogP contribution in [0.5, 0.6) is 23.0 Å². The van der Waals surface area contributed by atoms with Crippen LogP contribution in [0.1, 0.15) is 41.6 Å². The lowest BCUT2D eigenvalue weighted by Crippen LogP contribution is -2.32. The zero-order valence-corrected chi connectivity index (χ0v) is 20.8. The van der Waals surface area contributed by atoms with E-state index < -0.39 is 15.9 Å². The van der Waals surface area contributed by atoms with E-state index in [0.717, 1.165) is 31.2 Å². The van der Waals surface area contributed by atoms with Crippen LogP contribution in [0.15, 0.2) is 59.5 Å². The molecule has 0 radical (unpaired) electrons. The Balaban J connectivity index is 1.64. The van der Waals surface area contributed by atoms with Crippen molar-refractivity contribution in [1.82, 2.24) is 4.31 Å². The van der Waals surface area contributed by atoms with Crippen molar-refractivity contribution in [3.05, 3.63) is 70.7 Å². The molecule has 0 spiro atoms. The molecule has 2 aliphatic rings. The van der Waals surface area contributed by atoms with Crippen LogP contribution in [0.2, 0.25) is 5.02 Å². The third kappa shape index (κ3) is 4.87. The van der Waals surface area contributed by atoms with Crippen LogP contribution in [-0.2, 0) is 10.0 Å². The van der Waals surface area contributed by atoms with Crippen LogP contribution in [-0.4, -0.2) is 31.7 Å². The monoisotopic (exact) mass is 512 g/mol. The molecule has 3 aromatic carbocycles. The minimum Gasteiger partial charge on any atom is -0.456 e. The number of rotatable bonds is 4. The lowest BCUT2D eigenvalue weighted by molar-refractivity contribution is 0.102. The van der Waals surface area contributed by atoms with E-state index in [-0.39, 0.29) is 22.0 Å². The Hall–Kier alpha value is -3.07. The number of ether oxygens (including phenoxy) is 2. The average Bonchev–Trinajstić information content (AvgIpc) is 3.18. The Labute approximate surface area is 209 Å². The van der Waals surface area contributed by atoms with Gasteiger partial charge in [-0.1, -0.05) is 30.5 Å². The summed E-state index contributed by atoms with van der Waals surface area (Å²) in [5, 5.41) is 3.37. The van der Waals surface area contributed by atoms with Gasteiger partial charge >= 0.3 is 0 Å². The van der Waals surface area contributed by atoms with Gasteiger partial charge in [0.25, 0.3) is 5.91 Å². The number of halogens is 1. The number of aryl methyl sites for hydroxylation is 1. The van der Waals surface area contributed by atoms with Gasteiger partial charge in [0.1, 0.15) is 16.4 Å². The number of sulfonamides is 1. The molecular formula is C26H25ClN2O5S. The van der Waals surface area contributed by atoms with E-state index in [0.29, 0.717) is 35.3 Å². The van der Waals surface area contributed by atoms with E-state index in [4.69, 9.17) is 21.1 Å². The summed E-state index contributed by atoms with van der Waals surface area (Å²) in [5.41, 5.74) is 1.59. The fraction of sp³-hybridized carbons (Fsp3) is 0.269. The summed E-state index contributed by atoms with van der Waals surface area (Å²) in [4.78, 5) is 13.1. The van der Waals surface area contributed by atoms with Crippen molar-refractivity contribution < 1.29 is 22.7 Å². The van der Waals surface area contributed by atoms with E-state index >= 15 is 0 Å². The van der Waals surface area contributed by atoms with E-state index in [1.54, 1.807) is 36.4 Å². The van der Waals surface area contributed by atoms with Crippen LogP contribution < -0.4 is 14.8 Å². The first kappa shape index (κ1) is 23.7. The molecule has 1 amide bonds. The van der Waals surface area contributed by atoms with Crippen LogP contribution in [0.25, 0.3) is 0 Å². The smallest absolute Gasteiger partial charge is 0.259 e. The molecule has 0 unspecified atom stereocenters. The first-order chi connectivity index (χ1) is 16.8. The molecule has 0 atom stereocenters. The molecule has 9 heteroatoms. The number of hydrogen-bond acceptors (Lipinski definition) is 5. The van der Waals surface area contributed by atoms with Gasteiger partial charge in [0.2, 0.25) is 10.0 Å². The van der Waals surface area contributed by atoms with E-state index in [9.17, 15) is 13.2 Å². The maximum absolute atomic E-state index is 13.8. The zero-order chi connectivity index (χ0) is 24.6. The Bertz CT molecular complexity index is 1380. The van der Waals surface area contributed by atoms with Gasteiger partial charge in [0, 0.05) is 24.2 Å². The largest absolute Gasteiger partial charge is 0.456 e. The maximum atomic E-state index is 13.8. The number of hydrogen-bond donors (Lipinski definition) is 1. The molecule has 0 aromatic heterocycles. The van der Waals surface area contributed by atoms with Crippen LogP contribution >= 0.6 is 11.6 Å². The molecule has 0 aliphatic carbocycles. The first-order valence-electron chi connectivity index (χ1n) is 11.5. The van der Waals surface area contributed by atoms with E-state index in [2.05, 4.69) is 5.32 Å². The van der Waals surface area contributed by atoms with Gasteiger partial charge in [-0.25, -0.2) is 8.42 Å². The molecule has 7 nitrogen and oxygen atoms in total. The van der Waals surface area contributed by atoms with Gasteiger partial charge in [-0.3, -0.25) is 4.79 Å². The molecule has 2 aliphatic heterocycles. The number of nitrogens with one attached hydrogen (secondary N) is 1. The van der Waals surface area contributed by atoms with E-state index in [1.807, 2.05) is 13.0 Å². The van der Waals surface area contributed by atoms with Gasteiger partial charge in [-0.15, -0.1) is 0 Å². The highest BCUT2D eigenvalue weighted by Gasteiger charge is 2.32. The summed E-state index contributed by atoms with van der Waals surface area (Å²) in [6, 6.07) is 14.9. The van der Waals surface area contributed by atoms with Gasteiger partial charge in [0.15, 0.2) is 11.5 Å². The normalized spacial score (nSPS) is 16.2. The number of benzene rings is 3. The van der Waals surface area contributed by atoms with E-state index in [1.165, 1.54) is 16.4 Å². The van der Waals surface area contributed by atoms with Crippen molar-refractivity contribution in [3.8, 4) is 23.0 Å². The van der Waals surface area contributed by atoms with Gasteiger partial charge in [0.05, 0.1) is 11.3 Å². The molecule has 3 aromatic rings. The quantitative estimate of drug-likeness (QED) is 0.439. The zero-order valence-electron chi connectivity index (χ0n) is 19.2. The minimum absolute atomic E-state index is 0.0750. The van der Waals surface area contributed by atoms with Crippen LogP contribution in [0, 0.1) is 6.92 Å². The summed E-state index contributed by atoms with van der Waals surface area (Å²) >= 11 is 6.00. The summed E-state index contributed by atoms with van der Waals surface area (Å²) in [7, 11) is -3.94. The molecule has 5 rings (SSSR count). The Kier molecular flexibility index (Phi) is 6.44. The molecule has 182 valence electrons. The van der Waals surface area contributed by atoms with Crippen molar-refractivity contribution in [1.29, 1.82) is 0 Å². The van der Waals surface area contributed by atoms with Crippen LogP contribution in [0.4, 0.5) is 5.69 Å². The van der Waals surface area contributed by atoms with Gasteiger partial charge in [-0.05, 0) is 67.8 Å². The minimum atomic E-state index is -3.94. The molecule has 1 saturated heterocycles. The summed E-state index contributed by atoms with van der Waals surface area (Å²) < 4.78 is 41.2.